The molecule has 0 aliphatic carbocycles. The maximum absolute atomic E-state index is 11.6. The normalized spacial score (nSPS) is 13.3. The number of carbonyl (C=O) groups is 1. The van der Waals surface area contributed by atoms with Crippen molar-refractivity contribution in [3.8, 4) is 0 Å². The van der Waals surface area contributed by atoms with Gasteiger partial charge in [0.05, 0.1) is 12.7 Å². The first-order chi connectivity index (χ1) is 8.61. The Morgan fingerprint density at radius 2 is 2.22 bits per heavy atom. The maximum atomic E-state index is 11.6. The molecule has 1 N–H and O–H groups in total. The van der Waals surface area contributed by atoms with E-state index in [1.807, 2.05) is 6.07 Å². The number of carbonyl (C=O) groups excluding carboxylic acids is 1. The van der Waals surface area contributed by atoms with Crippen molar-refractivity contribution in [3.63, 3.8) is 0 Å². The van der Waals surface area contributed by atoms with Gasteiger partial charge in [0.2, 0.25) is 0 Å². The predicted octanol–water partition coefficient (Wildman–Crippen LogP) is 2.27. The Labute approximate surface area is 105 Å². The van der Waals surface area contributed by atoms with Crippen molar-refractivity contribution in [2.45, 2.75) is 26.0 Å². The third-order valence-electron chi connectivity index (χ3n) is 2.51. The fourth-order valence-electron chi connectivity index (χ4n) is 1.61. The van der Waals surface area contributed by atoms with Crippen molar-refractivity contribution < 1.29 is 14.6 Å². The van der Waals surface area contributed by atoms with E-state index in [0.29, 0.717) is 5.56 Å². The molecule has 2 atom stereocenters. The summed E-state index contributed by atoms with van der Waals surface area (Å²) < 4.78 is 4.78. The van der Waals surface area contributed by atoms with Crippen molar-refractivity contribution in [3.05, 3.63) is 45.8 Å². The number of hydrogen-bond donors (Lipinski definition) is 1. The zero-order chi connectivity index (χ0) is 13.5. The number of aliphatic hydroxyl groups is 1. The van der Waals surface area contributed by atoms with E-state index in [2.05, 4.69) is 10.0 Å². The van der Waals surface area contributed by atoms with Crippen LogP contribution < -0.4 is 0 Å². The molecule has 6 heteroatoms. The second-order valence-corrected chi connectivity index (χ2v) is 3.70. The van der Waals surface area contributed by atoms with E-state index in [0.717, 1.165) is 5.56 Å². The molecule has 2 unspecified atom stereocenters. The standard InChI is InChI=1S/C12H15N3O3/c1-3-18-12(17)10(14-15-13)11(16)9-7-5-4-6-8(9)2/h4-7,10-11,16H,3H2,1-2H3. The third kappa shape index (κ3) is 3.23. The van der Waals surface area contributed by atoms with Crippen LogP contribution >= 0.6 is 0 Å². The molecule has 0 radical (unpaired) electrons. The number of hydrogen-bond acceptors (Lipinski definition) is 4. The summed E-state index contributed by atoms with van der Waals surface area (Å²) in [5, 5.41) is 13.4. The highest BCUT2D eigenvalue weighted by Gasteiger charge is 2.29. The van der Waals surface area contributed by atoms with E-state index in [9.17, 15) is 9.90 Å². The molecule has 6 nitrogen and oxygen atoms in total. The van der Waals surface area contributed by atoms with E-state index in [1.54, 1.807) is 32.0 Å². The minimum atomic E-state index is -1.27. The fourth-order valence-corrected chi connectivity index (χ4v) is 1.61. The molecule has 0 saturated carbocycles. The van der Waals surface area contributed by atoms with Crippen LogP contribution in [0.2, 0.25) is 0 Å². The molecule has 0 bridgehead atoms. The highest BCUT2D eigenvalue weighted by Crippen LogP contribution is 2.23. The first-order valence-corrected chi connectivity index (χ1v) is 5.56. The molecule has 1 rings (SSSR count). The number of aliphatic hydroxyl groups excluding tert-OH is 1. The fraction of sp³-hybridized carbons (Fsp3) is 0.417. The zero-order valence-electron chi connectivity index (χ0n) is 10.3. The first-order valence-electron chi connectivity index (χ1n) is 5.56. The number of benzene rings is 1. The summed E-state index contributed by atoms with van der Waals surface area (Å²) in [6, 6.07) is 5.77. The molecule has 0 aromatic heterocycles. The van der Waals surface area contributed by atoms with Crippen molar-refractivity contribution in [1.82, 2.24) is 0 Å². The van der Waals surface area contributed by atoms with Crippen molar-refractivity contribution in [1.29, 1.82) is 0 Å². The van der Waals surface area contributed by atoms with Crippen LogP contribution in [0.1, 0.15) is 24.2 Å². The summed E-state index contributed by atoms with van der Waals surface area (Å²) in [7, 11) is 0. The number of ether oxygens (including phenoxy) is 1. The monoisotopic (exact) mass is 249 g/mol. The quantitative estimate of drug-likeness (QED) is 0.375. The van der Waals surface area contributed by atoms with Gasteiger partial charge in [0.25, 0.3) is 0 Å². The second kappa shape index (κ2) is 6.64. The van der Waals surface area contributed by atoms with Gasteiger partial charge in [0.1, 0.15) is 0 Å². The van der Waals surface area contributed by atoms with Gasteiger partial charge >= 0.3 is 5.97 Å². The first kappa shape index (κ1) is 14.0. The molecule has 0 spiro atoms. The Bertz CT molecular complexity index is 469. The van der Waals surface area contributed by atoms with Crippen LogP contribution in [-0.4, -0.2) is 23.7 Å². The summed E-state index contributed by atoms with van der Waals surface area (Å²) in [4.78, 5) is 14.2. The lowest BCUT2D eigenvalue weighted by molar-refractivity contribution is -0.147. The molecule has 18 heavy (non-hydrogen) atoms. The highest BCUT2D eigenvalue weighted by atomic mass is 16.5. The van der Waals surface area contributed by atoms with Crippen LogP contribution in [0.3, 0.4) is 0 Å². The van der Waals surface area contributed by atoms with Gasteiger partial charge < -0.3 is 9.84 Å². The Balaban J connectivity index is 3.03. The summed E-state index contributed by atoms with van der Waals surface area (Å²) in [6.45, 7) is 3.61. The summed E-state index contributed by atoms with van der Waals surface area (Å²) in [5.41, 5.74) is 9.82. The van der Waals surface area contributed by atoms with Crippen molar-refractivity contribution in [2.75, 3.05) is 6.61 Å². The van der Waals surface area contributed by atoms with Crippen LogP contribution in [0.25, 0.3) is 10.4 Å². The summed E-state index contributed by atoms with van der Waals surface area (Å²) in [5.74, 6) is -0.731. The van der Waals surface area contributed by atoms with E-state index in [1.165, 1.54) is 0 Å². The summed E-state index contributed by atoms with van der Waals surface area (Å²) >= 11 is 0. The Morgan fingerprint density at radius 1 is 1.56 bits per heavy atom. The topological polar surface area (TPSA) is 95.3 Å². The van der Waals surface area contributed by atoms with Crippen LogP contribution in [0, 0.1) is 6.92 Å². The van der Waals surface area contributed by atoms with Crippen LogP contribution in [0.5, 0.6) is 0 Å². The molecule has 0 amide bonds. The van der Waals surface area contributed by atoms with Crippen LogP contribution in [0.4, 0.5) is 0 Å². The number of nitrogens with zero attached hydrogens (tertiary/aromatic N) is 3. The zero-order valence-corrected chi connectivity index (χ0v) is 10.3. The Kier molecular flexibility index (Phi) is 5.17. The molecule has 0 heterocycles. The van der Waals surface area contributed by atoms with Gasteiger partial charge in [-0.1, -0.05) is 29.4 Å². The second-order valence-electron chi connectivity index (χ2n) is 3.70. The van der Waals surface area contributed by atoms with E-state index in [4.69, 9.17) is 10.3 Å². The third-order valence-corrected chi connectivity index (χ3v) is 2.51. The van der Waals surface area contributed by atoms with E-state index >= 15 is 0 Å². The molecule has 1 aromatic carbocycles. The van der Waals surface area contributed by atoms with Gasteiger partial charge in [0, 0.05) is 4.91 Å². The molecule has 0 saturated heterocycles. The smallest absolute Gasteiger partial charge is 0.317 e. The van der Waals surface area contributed by atoms with Crippen molar-refractivity contribution >= 4 is 5.97 Å². The maximum Gasteiger partial charge on any atom is 0.317 e. The van der Waals surface area contributed by atoms with Crippen LogP contribution in [0.15, 0.2) is 29.4 Å². The largest absolute Gasteiger partial charge is 0.466 e. The molecular weight excluding hydrogens is 234 g/mol. The predicted molar refractivity (Wildman–Crippen MR) is 65.7 cm³/mol. The molecule has 0 aliphatic rings. The molecule has 1 aromatic rings. The molecule has 96 valence electrons. The van der Waals surface area contributed by atoms with Gasteiger partial charge in [0.15, 0.2) is 6.04 Å². The highest BCUT2D eigenvalue weighted by molar-refractivity contribution is 5.77. The van der Waals surface area contributed by atoms with Crippen LogP contribution in [-0.2, 0) is 9.53 Å². The van der Waals surface area contributed by atoms with Gasteiger partial charge in [-0.3, -0.25) is 4.79 Å². The SMILES string of the molecule is CCOC(=O)C(N=[N+]=[N-])C(O)c1ccccc1C. The van der Waals surface area contributed by atoms with Gasteiger partial charge in [-0.25, -0.2) is 0 Å². The average Bonchev–Trinajstić information content (AvgIpc) is 2.36. The molecular formula is C12H15N3O3. The summed E-state index contributed by atoms with van der Waals surface area (Å²) in [6.07, 6.45) is -1.21. The number of azide groups is 1. The number of esters is 1. The van der Waals surface area contributed by atoms with Gasteiger partial charge in [-0.15, -0.1) is 0 Å². The number of rotatable bonds is 5. The minimum absolute atomic E-state index is 0.163. The molecule has 0 fully saturated rings. The minimum Gasteiger partial charge on any atom is -0.466 e. The lowest BCUT2D eigenvalue weighted by Gasteiger charge is -2.18. The Morgan fingerprint density at radius 3 is 2.78 bits per heavy atom. The lowest BCUT2D eigenvalue weighted by atomic mass is 9.98. The van der Waals surface area contributed by atoms with Crippen molar-refractivity contribution in [2.24, 2.45) is 5.11 Å². The molecule has 0 aliphatic heterocycles. The Hall–Kier alpha value is -2.04. The number of aryl methyl sites for hydroxylation is 1. The van der Waals surface area contributed by atoms with Gasteiger partial charge in [-0.2, -0.15) is 0 Å². The average molecular weight is 249 g/mol. The lowest BCUT2D eigenvalue weighted by Crippen LogP contribution is -2.28. The van der Waals surface area contributed by atoms with E-state index < -0.39 is 18.1 Å². The van der Waals surface area contributed by atoms with Gasteiger partial charge in [-0.05, 0) is 30.5 Å². The van der Waals surface area contributed by atoms with E-state index in [-0.39, 0.29) is 6.61 Å².